The number of hydrogen-bond acceptors (Lipinski definition) is 5. The van der Waals surface area contributed by atoms with Crippen LogP contribution >= 0.6 is 23.2 Å². The Balaban J connectivity index is 2.40. The van der Waals surface area contributed by atoms with E-state index in [1.807, 2.05) is 4.72 Å². The van der Waals surface area contributed by atoms with Gasteiger partial charge >= 0.3 is 0 Å². The smallest absolute Gasteiger partial charge is 0.267 e. The number of aromatic nitrogens is 1. The zero-order valence-corrected chi connectivity index (χ0v) is 14.3. The molecule has 122 valence electrons. The second-order valence-corrected chi connectivity index (χ2v) is 6.98. The summed E-state index contributed by atoms with van der Waals surface area (Å²) in [6, 6.07) is 7.51. The van der Waals surface area contributed by atoms with Crippen molar-refractivity contribution in [2.24, 2.45) is 0 Å². The molecule has 0 aliphatic heterocycles. The molecule has 0 atom stereocenters. The Hall–Kier alpha value is -1.83. The molecule has 6 nitrogen and oxygen atoms in total. The van der Waals surface area contributed by atoms with Gasteiger partial charge in [-0.05, 0) is 30.3 Å². The van der Waals surface area contributed by atoms with Crippen LogP contribution in [0.2, 0.25) is 10.0 Å². The molecule has 0 aliphatic carbocycles. The average molecular weight is 374 g/mol. The molecule has 0 fully saturated rings. The van der Waals surface area contributed by atoms with E-state index in [9.17, 15) is 13.2 Å². The van der Waals surface area contributed by atoms with E-state index in [4.69, 9.17) is 23.2 Å². The first kappa shape index (κ1) is 17.5. The van der Waals surface area contributed by atoms with Crippen molar-refractivity contribution in [1.29, 1.82) is 0 Å². The van der Waals surface area contributed by atoms with Gasteiger partial charge in [-0.25, -0.2) is 18.1 Å². The van der Waals surface area contributed by atoms with E-state index in [0.717, 1.165) is 0 Å². The van der Waals surface area contributed by atoms with Gasteiger partial charge in [-0.3, -0.25) is 4.79 Å². The molecule has 2 rings (SSSR count). The molecule has 0 aliphatic rings. The fourth-order valence-electron chi connectivity index (χ4n) is 1.70. The van der Waals surface area contributed by atoms with Gasteiger partial charge in [0, 0.05) is 17.6 Å². The maximum atomic E-state index is 12.3. The summed E-state index contributed by atoms with van der Waals surface area (Å²) in [7, 11) is -4.04. The minimum absolute atomic E-state index is 0.0469. The van der Waals surface area contributed by atoms with Crippen molar-refractivity contribution < 1.29 is 13.2 Å². The monoisotopic (exact) mass is 373 g/mol. The summed E-state index contributed by atoms with van der Waals surface area (Å²) >= 11 is 11.9. The number of amides is 1. The molecule has 1 amide bonds. The van der Waals surface area contributed by atoms with E-state index in [1.54, 1.807) is 19.1 Å². The molecule has 1 heterocycles. The summed E-state index contributed by atoms with van der Waals surface area (Å²) < 4.78 is 26.5. The highest BCUT2D eigenvalue weighted by atomic mass is 35.5. The van der Waals surface area contributed by atoms with Crippen molar-refractivity contribution in [1.82, 2.24) is 9.71 Å². The maximum absolute atomic E-state index is 12.3. The molecule has 2 aromatic rings. The lowest BCUT2D eigenvalue weighted by atomic mass is 10.3. The Morgan fingerprint density at radius 2 is 2.00 bits per heavy atom. The predicted molar refractivity (Wildman–Crippen MR) is 89.6 cm³/mol. The molecule has 2 N–H and O–H groups in total. The van der Waals surface area contributed by atoms with E-state index < -0.39 is 15.9 Å². The number of carbonyl (C=O) groups is 1. The van der Waals surface area contributed by atoms with Crippen LogP contribution in [0.25, 0.3) is 0 Å². The highest BCUT2D eigenvalue weighted by Crippen LogP contribution is 2.29. The largest absolute Gasteiger partial charge is 0.338 e. The van der Waals surface area contributed by atoms with E-state index >= 15 is 0 Å². The number of carbonyl (C=O) groups excluding carboxylic acids is 1. The fourth-order valence-corrected chi connectivity index (χ4v) is 3.32. The fraction of sp³-hybridized carbons (Fsp3) is 0.143. The molecule has 0 saturated heterocycles. The third-order valence-corrected chi connectivity index (χ3v) is 4.77. The van der Waals surface area contributed by atoms with Crippen molar-refractivity contribution in [2.45, 2.75) is 18.2 Å². The van der Waals surface area contributed by atoms with Crippen molar-refractivity contribution in [3.8, 4) is 0 Å². The highest BCUT2D eigenvalue weighted by Gasteiger charge is 2.21. The number of sulfonamides is 1. The van der Waals surface area contributed by atoms with Crippen molar-refractivity contribution in [3.05, 3.63) is 46.6 Å². The van der Waals surface area contributed by atoms with Crippen LogP contribution in [0, 0.1) is 0 Å². The summed E-state index contributed by atoms with van der Waals surface area (Å²) in [5, 5.41) is 3.59. The van der Waals surface area contributed by atoms with E-state index in [2.05, 4.69) is 10.3 Å². The van der Waals surface area contributed by atoms with Gasteiger partial charge in [-0.2, -0.15) is 0 Å². The zero-order valence-electron chi connectivity index (χ0n) is 12.0. The average Bonchev–Trinajstić information content (AvgIpc) is 2.50. The van der Waals surface area contributed by atoms with Crippen molar-refractivity contribution in [3.63, 3.8) is 0 Å². The molecule has 0 spiro atoms. The van der Waals surface area contributed by atoms with Gasteiger partial charge in [0.05, 0.1) is 10.7 Å². The lowest BCUT2D eigenvalue weighted by Crippen LogP contribution is -2.30. The zero-order chi connectivity index (χ0) is 17.0. The van der Waals surface area contributed by atoms with Crippen molar-refractivity contribution in [2.75, 3.05) is 5.32 Å². The molecule has 23 heavy (non-hydrogen) atoms. The number of halogens is 2. The van der Waals surface area contributed by atoms with Crippen LogP contribution in [0.3, 0.4) is 0 Å². The first-order valence-corrected chi connectivity index (χ1v) is 8.80. The molecule has 0 unspecified atom stereocenters. The third kappa shape index (κ3) is 4.34. The van der Waals surface area contributed by atoms with Crippen LogP contribution in [0.1, 0.15) is 13.3 Å². The Kier molecular flexibility index (Phi) is 5.46. The quantitative estimate of drug-likeness (QED) is 0.838. The minimum atomic E-state index is -4.04. The molecule has 1 aromatic heterocycles. The topological polar surface area (TPSA) is 88.2 Å². The normalized spacial score (nSPS) is 11.1. The van der Waals surface area contributed by atoms with Gasteiger partial charge in [-0.1, -0.05) is 30.1 Å². The van der Waals surface area contributed by atoms with E-state index in [-0.39, 0.29) is 17.1 Å². The highest BCUT2D eigenvalue weighted by molar-refractivity contribution is 7.90. The molecule has 0 bridgehead atoms. The lowest BCUT2D eigenvalue weighted by Gasteiger charge is -2.13. The number of hydrogen-bond donors (Lipinski definition) is 2. The SMILES string of the molecule is CCC(=O)NS(=O)(=O)c1cccnc1Nc1ccc(Cl)cc1Cl. The number of nitrogens with one attached hydrogen (secondary N) is 2. The van der Waals surface area contributed by atoms with Crippen LogP contribution in [0.4, 0.5) is 11.5 Å². The van der Waals surface area contributed by atoms with Gasteiger partial charge < -0.3 is 5.32 Å². The first-order chi connectivity index (χ1) is 10.8. The molecular weight excluding hydrogens is 361 g/mol. The van der Waals surface area contributed by atoms with Gasteiger partial charge in [-0.15, -0.1) is 0 Å². The van der Waals surface area contributed by atoms with Gasteiger partial charge in [0.15, 0.2) is 5.82 Å². The second-order valence-electron chi connectivity index (χ2n) is 4.48. The molecule has 0 radical (unpaired) electrons. The van der Waals surface area contributed by atoms with Gasteiger partial charge in [0.2, 0.25) is 5.91 Å². The van der Waals surface area contributed by atoms with E-state index in [1.165, 1.54) is 24.4 Å². The molecular formula is C14H13Cl2N3O3S. The number of benzene rings is 1. The summed E-state index contributed by atoms with van der Waals surface area (Å²) in [6.45, 7) is 1.56. The Bertz CT molecular complexity index is 841. The molecule has 0 saturated carbocycles. The number of pyridine rings is 1. The molecule has 9 heteroatoms. The van der Waals surface area contributed by atoms with Crippen LogP contribution in [-0.4, -0.2) is 19.3 Å². The van der Waals surface area contributed by atoms with Gasteiger partial charge in [0.25, 0.3) is 10.0 Å². The standard InChI is InChI=1S/C14H13Cl2N3O3S/c1-2-13(20)19-23(21,22)12-4-3-7-17-14(12)18-11-6-5-9(15)8-10(11)16/h3-8H,2H2,1H3,(H,17,18)(H,19,20). The number of nitrogens with zero attached hydrogens (tertiary/aromatic N) is 1. The Morgan fingerprint density at radius 3 is 2.65 bits per heavy atom. The predicted octanol–water partition coefficient (Wildman–Crippen LogP) is 3.35. The molecule has 1 aromatic carbocycles. The summed E-state index contributed by atoms with van der Waals surface area (Å²) in [4.78, 5) is 15.2. The third-order valence-electron chi connectivity index (χ3n) is 2.81. The Labute approximate surface area is 143 Å². The van der Waals surface area contributed by atoms with E-state index in [0.29, 0.717) is 15.7 Å². The first-order valence-electron chi connectivity index (χ1n) is 6.56. The van der Waals surface area contributed by atoms with Crippen LogP contribution < -0.4 is 10.0 Å². The number of anilines is 2. The maximum Gasteiger partial charge on any atom is 0.267 e. The second kappa shape index (κ2) is 7.16. The van der Waals surface area contributed by atoms with Gasteiger partial charge in [0.1, 0.15) is 4.90 Å². The summed E-state index contributed by atoms with van der Waals surface area (Å²) in [5.74, 6) is -0.558. The lowest BCUT2D eigenvalue weighted by molar-refractivity contribution is -0.119. The van der Waals surface area contributed by atoms with Crippen LogP contribution in [-0.2, 0) is 14.8 Å². The summed E-state index contributed by atoms with van der Waals surface area (Å²) in [5.41, 5.74) is 0.438. The number of rotatable bonds is 5. The Morgan fingerprint density at radius 1 is 1.26 bits per heavy atom. The summed E-state index contributed by atoms with van der Waals surface area (Å²) in [6.07, 6.45) is 1.47. The van der Waals surface area contributed by atoms with Crippen LogP contribution in [0.5, 0.6) is 0 Å². The van der Waals surface area contributed by atoms with Crippen LogP contribution in [0.15, 0.2) is 41.4 Å². The van der Waals surface area contributed by atoms with Crippen molar-refractivity contribution >= 4 is 50.6 Å². The minimum Gasteiger partial charge on any atom is -0.338 e.